The zero-order chi connectivity index (χ0) is 23.3. The molecular weight excluding hydrogens is 475 g/mol. The van der Waals surface area contributed by atoms with E-state index in [9.17, 15) is 13.2 Å². The van der Waals surface area contributed by atoms with Gasteiger partial charge in [-0.25, -0.2) is 8.42 Å². The Morgan fingerprint density at radius 2 is 1.62 bits per heavy atom. The minimum atomic E-state index is -4.16. The van der Waals surface area contributed by atoms with Gasteiger partial charge >= 0.3 is 0 Å². The number of halogens is 2. The maximum atomic E-state index is 13.5. The molecule has 0 saturated heterocycles. The number of nitrogens with zero attached hydrogens (tertiary/aromatic N) is 1. The third kappa shape index (κ3) is 5.27. The molecule has 3 aromatic rings. The number of benzene rings is 3. The molecular formula is C22H20Cl2N2O5S. The first kappa shape index (κ1) is 23.7. The number of carbonyl (C=O) groups is 1. The van der Waals surface area contributed by atoms with Gasteiger partial charge in [-0.15, -0.1) is 0 Å². The van der Waals surface area contributed by atoms with Crippen molar-refractivity contribution in [2.24, 2.45) is 0 Å². The van der Waals surface area contributed by atoms with Crippen molar-refractivity contribution in [3.8, 4) is 11.5 Å². The van der Waals surface area contributed by atoms with E-state index in [4.69, 9.17) is 32.7 Å². The Morgan fingerprint density at radius 3 is 2.25 bits per heavy atom. The average Bonchev–Trinajstić information content (AvgIpc) is 2.79. The Bertz CT molecular complexity index is 1220. The van der Waals surface area contributed by atoms with E-state index in [1.54, 1.807) is 48.5 Å². The average molecular weight is 495 g/mol. The van der Waals surface area contributed by atoms with Crippen molar-refractivity contribution in [2.75, 3.05) is 30.4 Å². The summed E-state index contributed by atoms with van der Waals surface area (Å²) in [7, 11) is -1.18. The largest absolute Gasteiger partial charge is 0.497 e. The van der Waals surface area contributed by atoms with Crippen molar-refractivity contribution < 1.29 is 22.7 Å². The molecule has 0 radical (unpaired) electrons. The highest BCUT2D eigenvalue weighted by molar-refractivity contribution is 7.92. The van der Waals surface area contributed by atoms with Gasteiger partial charge in [-0.05, 0) is 54.6 Å². The second kappa shape index (κ2) is 10.1. The molecule has 0 aliphatic heterocycles. The molecule has 0 aromatic heterocycles. The van der Waals surface area contributed by atoms with E-state index in [2.05, 4.69) is 5.32 Å². The smallest absolute Gasteiger partial charge is 0.264 e. The quantitative estimate of drug-likeness (QED) is 0.483. The Hall–Kier alpha value is -2.94. The number of sulfonamides is 1. The van der Waals surface area contributed by atoms with Crippen molar-refractivity contribution in [3.63, 3.8) is 0 Å². The molecule has 0 fully saturated rings. The summed E-state index contributed by atoms with van der Waals surface area (Å²) in [5.74, 6) is 0.428. The summed E-state index contributed by atoms with van der Waals surface area (Å²) in [5.41, 5.74) is 0.689. The van der Waals surface area contributed by atoms with Crippen LogP contribution in [0.2, 0.25) is 10.0 Å². The van der Waals surface area contributed by atoms with Crippen LogP contribution in [0.4, 0.5) is 11.4 Å². The maximum Gasteiger partial charge on any atom is 0.264 e. The molecule has 3 rings (SSSR count). The summed E-state index contributed by atoms with van der Waals surface area (Å²) < 4.78 is 38.3. The molecule has 10 heteroatoms. The lowest BCUT2D eigenvalue weighted by Gasteiger charge is -2.24. The molecule has 0 spiro atoms. The predicted octanol–water partition coefficient (Wildman–Crippen LogP) is 4.84. The summed E-state index contributed by atoms with van der Waals surface area (Å²) in [6.45, 7) is -0.493. The highest BCUT2D eigenvalue weighted by Gasteiger charge is 2.28. The van der Waals surface area contributed by atoms with Gasteiger partial charge in [0.25, 0.3) is 10.0 Å². The van der Waals surface area contributed by atoms with Crippen LogP contribution in [0.3, 0.4) is 0 Å². The van der Waals surface area contributed by atoms with E-state index in [0.717, 1.165) is 4.31 Å². The number of ether oxygens (including phenoxy) is 2. The Morgan fingerprint density at radius 1 is 0.938 bits per heavy atom. The molecule has 0 atom stereocenters. The lowest BCUT2D eigenvalue weighted by Crippen LogP contribution is -2.38. The van der Waals surface area contributed by atoms with E-state index in [1.165, 1.54) is 32.4 Å². The number of para-hydroxylation sites is 2. The normalized spacial score (nSPS) is 11.0. The molecule has 0 aliphatic rings. The molecule has 1 N–H and O–H groups in total. The number of hydrogen-bond acceptors (Lipinski definition) is 5. The van der Waals surface area contributed by atoms with Crippen LogP contribution in [-0.4, -0.2) is 35.1 Å². The Balaban J connectivity index is 1.98. The standard InChI is InChI=1S/C22H20Cl2N2O5S/c1-30-16-9-7-15(8-10-16)26(32(28,29)17-11-12-18(23)19(24)13-17)14-22(27)25-20-5-3-4-6-21(20)31-2/h3-13H,14H2,1-2H3,(H,25,27). The van der Waals surface area contributed by atoms with Crippen LogP contribution in [0.15, 0.2) is 71.6 Å². The van der Waals surface area contributed by atoms with Gasteiger partial charge in [0, 0.05) is 0 Å². The second-order valence-corrected chi connectivity index (χ2v) is 9.21. The van der Waals surface area contributed by atoms with Crippen molar-refractivity contribution in [2.45, 2.75) is 4.90 Å². The number of nitrogens with one attached hydrogen (secondary N) is 1. The molecule has 7 nitrogen and oxygen atoms in total. The van der Waals surface area contributed by atoms with Crippen molar-refractivity contribution in [1.29, 1.82) is 0 Å². The summed E-state index contributed by atoms with van der Waals surface area (Å²) in [6, 6.07) is 17.1. The summed E-state index contributed by atoms with van der Waals surface area (Å²) >= 11 is 12.0. The molecule has 0 aliphatic carbocycles. The van der Waals surface area contributed by atoms with Gasteiger partial charge in [0.2, 0.25) is 5.91 Å². The summed E-state index contributed by atoms with van der Waals surface area (Å²) in [6.07, 6.45) is 0. The zero-order valence-corrected chi connectivity index (χ0v) is 19.5. The third-order valence-electron chi connectivity index (χ3n) is 4.51. The highest BCUT2D eigenvalue weighted by atomic mass is 35.5. The van der Waals surface area contributed by atoms with Crippen LogP contribution in [0, 0.1) is 0 Å². The number of carbonyl (C=O) groups excluding carboxylic acids is 1. The lowest BCUT2D eigenvalue weighted by molar-refractivity contribution is -0.114. The molecule has 3 aromatic carbocycles. The van der Waals surface area contributed by atoms with Crippen molar-refractivity contribution in [1.82, 2.24) is 0 Å². The fraction of sp³-hybridized carbons (Fsp3) is 0.136. The maximum absolute atomic E-state index is 13.5. The van der Waals surface area contributed by atoms with E-state index in [-0.39, 0.29) is 20.6 Å². The second-order valence-electron chi connectivity index (χ2n) is 6.53. The van der Waals surface area contributed by atoms with Crippen LogP contribution < -0.4 is 19.1 Å². The third-order valence-corrected chi connectivity index (χ3v) is 7.02. The molecule has 32 heavy (non-hydrogen) atoms. The Labute approximate surface area is 196 Å². The molecule has 0 unspecified atom stereocenters. The molecule has 0 saturated carbocycles. The van der Waals surface area contributed by atoms with Crippen molar-refractivity contribution in [3.05, 3.63) is 76.8 Å². The lowest BCUT2D eigenvalue weighted by atomic mass is 10.3. The first-order valence-corrected chi connectivity index (χ1v) is 11.5. The van der Waals surface area contributed by atoms with Gasteiger partial charge in [-0.3, -0.25) is 9.10 Å². The highest BCUT2D eigenvalue weighted by Crippen LogP contribution is 2.30. The van der Waals surface area contributed by atoms with Gasteiger partial charge in [0.15, 0.2) is 0 Å². The van der Waals surface area contributed by atoms with Crippen molar-refractivity contribution >= 4 is 50.5 Å². The fourth-order valence-corrected chi connectivity index (χ4v) is 4.71. The SMILES string of the molecule is COc1ccc(N(CC(=O)Nc2ccccc2OC)S(=O)(=O)c2ccc(Cl)c(Cl)c2)cc1. The van der Waals surface area contributed by atoms with Gasteiger partial charge in [-0.1, -0.05) is 35.3 Å². The van der Waals surface area contributed by atoms with E-state index >= 15 is 0 Å². The number of anilines is 2. The monoisotopic (exact) mass is 494 g/mol. The molecule has 1 amide bonds. The Kier molecular flexibility index (Phi) is 7.50. The van der Waals surface area contributed by atoms with Crippen LogP contribution in [-0.2, 0) is 14.8 Å². The molecule has 0 bridgehead atoms. The van der Waals surface area contributed by atoms with Gasteiger partial charge in [-0.2, -0.15) is 0 Å². The summed E-state index contributed by atoms with van der Waals surface area (Å²) in [4.78, 5) is 12.7. The van der Waals surface area contributed by atoms with Crippen LogP contribution in [0.25, 0.3) is 0 Å². The minimum Gasteiger partial charge on any atom is -0.497 e. The minimum absolute atomic E-state index is 0.0842. The van der Waals surface area contributed by atoms with E-state index in [0.29, 0.717) is 17.2 Å². The number of methoxy groups -OCH3 is 2. The van der Waals surface area contributed by atoms with E-state index in [1.807, 2.05) is 0 Å². The van der Waals surface area contributed by atoms with Gasteiger partial charge < -0.3 is 14.8 Å². The number of amides is 1. The number of hydrogen-bond donors (Lipinski definition) is 1. The zero-order valence-electron chi connectivity index (χ0n) is 17.2. The first-order valence-electron chi connectivity index (χ1n) is 9.31. The fourth-order valence-electron chi connectivity index (χ4n) is 2.90. The molecule has 0 heterocycles. The predicted molar refractivity (Wildman–Crippen MR) is 126 cm³/mol. The van der Waals surface area contributed by atoms with Gasteiger partial charge in [0.05, 0.1) is 40.5 Å². The van der Waals surface area contributed by atoms with E-state index < -0.39 is 22.5 Å². The van der Waals surface area contributed by atoms with Crippen LogP contribution >= 0.6 is 23.2 Å². The molecule has 168 valence electrons. The van der Waals surface area contributed by atoms with Crippen LogP contribution in [0.5, 0.6) is 11.5 Å². The van der Waals surface area contributed by atoms with Gasteiger partial charge in [0.1, 0.15) is 18.0 Å². The van der Waals surface area contributed by atoms with Crippen LogP contribution in [0.1, 0.15) is 0 Å². The summed E-state index contributed by atoms with van der Waals surface area (Å²) in [5, 5.41) is 2.99. The number of rotatable bonds is 8. The first-order chi connectivity index (χ1) is 15.3. The topological polar surface area (TPSA) is 84.9 Å².